The average Bonchev–Trinajstić information content (AvgIpc) is 2.76. The first kappa shape index (κ1) is 13.1. The second-order valence-corrected chi connectivity index (χ2v) is 6.49. The molecule has 0 saturated heterocycles. The lowest BCUT2D eigenvalue weighted by atomic mass is 9.93. The molecule has 2 aromatic rings. The lowest BCUT2D eigenvalue weighted by molar-refractivity contribution is 0.571. The summed E-state index contributed by atoms with van der Waals surface area (Å²) in [7, 11) is 0. The van der Waals surface area contributed by atoms with Crippen molar-refractivity contribution in [3.05, 3.63) is 45.9 Å². The van der Waals surface area contributed by atoms with E-state index in [1.54, 1.807) is 11.3 Å². The number of rotatable bonds is 3. The second kappa shape index (κ2) is 5.11. The first-order chi connectivity index (χ1) is 8.47. The first-order valence-corrected chi connectivity index (χ1v) is 7.09. The number of para-hydroxylation sites is 1. The van der Waals surface area contributed by atoms with Crippen molar-refractivity contribution in [3.8, 4) is 0 Å². The molecule has 1 N–H and O–H groups in total. The van der Waals surface area contributed by atoms with Crippen LogP contribution in [-0.4, -0.2) is 4.98 Å². The SMILES string of the molecule is Cc1ccccc1NCc1nc(C(C)(C)C)cs1. The Kier molecular flexibility index (Phi) is 3.71. The van der Waals surface area contributed by atoms with E-state index < -0.39 is 0 Å². The normalized spacial score (nSPS) is 11.6. The van der Waals surface area contributed by atoms with Crippen LogP contribution in [-0.2, 0) is 12.0 Å². The van der Waals surface area contributed by atoms with Crippen molar-refractivity contribution in [1.82, 2.24) is 4.98 Å². The number of benzene rings is 1. The molecule has 0 spiro atoms. The zero-order valence-electron chi connectivity index (χ0n) is 11.4. The standard InChI is InChI=1S/C15H20N2S/c1-11-7-5-6-8-12(11)16-9-14-17-13(10-18-14)15(2,3)4/h5-8,10,16H,9H2,1-4H3. The summed E-state index contributed by atoms with van der Waals surface area (Å²) in [6.45, 7) is 9.50. The minimum absolute atomic E-state index is 0.136. The van der Waals surface area contributed by atoms with Gasteiger partial charge in [0.25, 0.3) is 0 Å². The number of aryl methyl sites for hydroxylation is 1. The van der Waals surface area contributed by atoms with E-state index in [-0.39, 0.29) is 5.41 Å². The van der Waals surface area contributed by atoms with Crippen molar-refractivity contribution < 1.29 is 0 Å². The third-order valence-corrected chi connectivity index (χ3v) is 3.74. The highest BCUT2D eigenvalue weighted by atomic mass is 32.1. The van der Waals surface area contributed by atoms with Gasteiger partial charge in [0.05, 0.1) is 12.2 Å². The maximum Gasteiger partial charge on any atom is 0.112 e. The molecule has 0 radical (unpaired) electrons. The van der Waals surface area contributed by atoms with Crippen molar-refractivity contribution in [2.45, 2.75) is 39.7 Å². The van der Waals surface area contributed by atoms with Gasteiger partial charge in [0.2, 0.25) is 0 Å². The second-order valence-electron chi connectivity index (χ2n) is 5.54. The topological polar surface area (TPSA) is 24.9 Å². The van der Waals surface area contributed by atoms with Crippen LogP contribution in [0.25, 0.3) is 0 Å². The molecule has 0 aliphatic rings. The van der Waals surface area contributed by atoms with Crippen LogP contribution in [0.4, 0.5) is 5.69 Å². The van der Waals surface area contributed by atoms with Crippen molar-refractivity contribution in [2.75, 3.05) is 5.32 Å². The van der Waals surface area contributed by atoms with Crippen LogP contribution in [0, 0.1) is 6.92 Å². The maximum absolute atomic E-state index is 4.68. The van der Waals surface area contributed by atoms with Crippen LogP contribution in [0.15, 0.2) is 29.6 Å². The largest absolute Gasteiger partial charge is 0.378 e. The molecular weight excluding hydrogens is 240 g/mol. The maximum atomic E-state index is 4.68. The summed E-state index contributed by atoms with van der Waals surface area (Å²) in [5.74, 6) is 0. The van der Waals surface area contributed by atoms with Crippen molar-refractivity contribution in [3.63, 3.8) is 0 Å². The third kappa shape index (κ3) is 3.10. The minimum Gasteiger partial charge on any atom is -0.378 e. The Hall–Kier alpha value is -1.35. The predicted octanol–water partition coefficient (Wildman–Crippen LogP) is 4.36. The van der Waals surface area contributed by atoms with Crippen molar-refractivity contribution in [2.24, 2.45) is 0 Å². The summed E-state index contributed by atoms with van der Waals surface area (Å²) in [6.07, 6.45) is 0. The summed E-state index contributed by atoms with van der Waals surface area (Å²) in [4.78, 5) is 4.68. The molecule has 1 aromatic carbocycles. The van der Waals surface area contributed by atoms with Crippen LogP contribution < -0.4 is 5.32 Å². The Bertz CT molecular complexity index is 523. The number of hydrogen-bond donors (Lipinski definition) is 1. The van der Waals surface area contributed by atoms with E-state index in [1.165, 1.54) is 16.9 Å². The molecule has 2 nitrogen and oxygen atoms in total. The van der Waals surface area contributed by atoms with Crippen molar-refractivity contribution >= 4 is 17.0 Å². The zero-order chi connectivity index (χ0) is 13.2. The highest BCUT2D eigenvalue weighted by Crippen LogP contribution is 2.24. The summed E-state index contributed by atoms with van der Waals surface area (Å²) in [5.41, 5.74) is 3.77. The van der Waals surface area contributed by atoms with Crippen molar-refractivity contribution in [1.29, 1.82) is 0 Å². The van der Waals surface area contributed by atoms with Gasteiger partial charge in [0.1, 0.15) is 5.01 Å². The Balaban J connectivity index is 2.03. The van der Waals surface area contributed by atoms with Gasteiger partial charge in [-0.15, -0.1) is 11.3 Å². The molecule has 1 heterocycles. The molecule has 0 unspecified atom stereocenters. The zero-order valence-corrected chi connectivity index (χ0v) is 12.3. The molecule has 18 heavy (non-hydrogen) atoms. The van der Waals surface area contributed by atoms with Gasteiger partial charge >= 0.3 is 0 Å². The smallest absolute Gasteiger partial charge is 0.112 e. The molecule has 96 valence electrons. The Morgan fingerprint density at radius 1 is 1.22 bits per heavy atom. The summed E-state index contributed by atoms with van der Waals surface area (Å²) in [6, 6.07) is 8.33. The molecule has 2 rings (SSSR count). The fourth-order valence-electron chi connectivity index (χ4n) is 1.68. The Morgan fingerprint density at radius 2 is 1.94 bits per heavy atom. The van der Waals surface area contributed by atoms with Crippen LogP contribution in [0.3, 0.4) is 0 Å². The fourth-order valence-corrected chi connectivity index (χ4v) is 2.64. The van der Waals surface area contributed by atoms with E-state index in [4.69, 9.17) is 0 Å². The molecule has 0 fully saturated rings. The van der Waals surface area contributed by atoms with Gasteiger partial charge < -0.3 is 5.32 Å². The monoisotopic (exact) mass is 260 g/mol. The van der Waals surface area contributed by atoms with E-state index in [1.807, 2.05) is 0 Å². The number of nitrogens with zero attached hydrogens (tertiary/aromatic N) is 1. The fraction of sp³-hybridized carbons (Fsp3) is 0.400. The quantitative estimate of drug-likeness (QED) is 0.887. The molecular formula is C15H20N2S. The van der Waals surface area contributed by atoms with E-state index >= 15 is 0 Å². The third-order valence-electron chi connectivity index (χ3n) is 2.90. The number of thiazole rings is 1. The first-order valence-electron chi connectivity index (χ1n) is 6.21. The number of nitrogens with one attached hydrogen (secondary N) is 1. The highest BCUT2D eigenvalue weighted by Gasteiger charge is 2.17. The molecule has 0 saturated carbocycles. The van der Waals surface area contributed by atoms with Gasteiger partial charge in [-0.05, 0) is 18.6 Å². The number of hydrogen-bond acceptors (Lipinski definition) is 3. The highest BCUT2D eigenvalue weighted by molar-refractivity contribution is 7.09. The lowest BCUT2D eigenvalue weighted by Crippen LogP contribution is -2.12. The Morgan fingerprint density at radius 3 is 2.56 bits per heavy atom. The van der Waals surface area contributed by atoms with E-state index in [2.05, 4.69) is 67.6 Å². The van der Waals surface area contributed by atoms with Gasteiger partial charge in [-0.25, -0.2) is 4.98 Å². The minimum atomic E-state index is 0.136. The van der Waals surface area contributed by atoms with E-state index in [0.717, 1.165) is 11.6 Å². The molecule has 0 aliphatic heterocycles. The molecule has 0 aliphatic carbocycles. The number of anilines is 1. The van der Waals surface area contributed by atoms with Crippen LogP contribution >= 0.6 is 11.3 Å². The van der Waals surface area contributed by atoms with Gasteiger partial charge in [0, 0.05) is 16.5 Å². The predicted molar refractivity (Wildman–Crippen MR) is 79.3 cm³/mol. The molecule has 0 amide bonds. The van der Waals surface area contributed by atoms with E-state index in [9.17, 15) is 0 Å². The lowest BCUT2D eigenvalue weighted by Gasteiger charge is -2.14. The van der Waals surface area contributed by atoms with Crippen LogP contribution in [0.1, 0.15) is 37.0 Å². The molecule has 0 bridgehead atoms. The number of aromatic nitrogens is 1. The Labute approximate surface area is 113 Å². The van der Waals surface area contributed by atoms with Crippen LogP contribution in [0.5, 0.6) is 0 Å². The summed E-state index contributed by atoms with van der Waals surface area (Å²) in [5, 5.41) is 6.75. The van der Waals surface area contributed by atoms with Gasteiger partial charge in [-0.2, -0.15) is 0 Å². The molecule has 0 atom stereocenters. The van der Waals surface area contributed by atoms with Gasteiger partial charge in [0.15, 0.2) is 0 Å². The van der Waals surface area contributed by atoms with Crippen LogP contribution in [0.2, 0.25) is 0 Å². The average molecular weight is 260 g/mol. The summed E-state index contributed by atoms with van der Waals surface area (Å²) >= 11 is 1.73. The summed E-state index contributed by atoms with van der Waals surface area (Å²) < 4.78 is 0. The van der Waals surface area contributed by atoms with E-state index in [0.29, 0.717) is 0 Å². The van der Waals surface area contributed by atoms with Gasteiger partial charge in [-0.1, -0.05) is 39.0 Å². The molecule has 3 heteroatoms. The molecule has 1 aromatic heterocycles. The van der Waals surface area contributed by atoms with Gasteiger partial charge in [-0.3, -0.25) is 0 Å².